The summed E-state index contributed by atoms with van der Waals surface area (Å²) in [5.41, 5.74) is 0. The molecular weight excluding hydrogens is 216 g/mol. The van der Waals surface area contributed by atoms with E-state index in [4.69, 9.17) is 5.14 Å². The van der Waals surface area contributed by atoms with Gasteiger partial charge in [0.05, 0.1) is 0 Å². The van der Waals surface area contributed by atoms with Gasteiger partial charge < -0.3 is 4.57 Å². The first kappa shape index (κ1) is 12.1. The van der Waals surface area contributed by atoms with E-state index >= 15 is 0 Å². The van der Waals surface area contributed by atoms with Gasteiger partial charge in [-0.15, -0.1) is 10.2 Å². The summed E-state index contributed by atoms with van der Waals surface area (Å²) in [6.45, 7) is 6.38. The Hall–Kier alpha value is -0.950. The lowest BCUT2D eigenvalue weighted by atomic mass is 10.2. The Balaban J connectivity index is 3.30. The summed E-state index contributed by atoms with van der Waals surface area (Å²) in [6, 6.07) is 0. The highest BCUT2D eigenvalue weighted by atomic mass is 32.2. The number of hydrogen-bond donors (Lipinski definition) is 1. The van der Waals surface area contributed by atoms with Crippen LogP contribution in [0.4, 0.5) is 0 Å². The van der Waals surface area contributed by atoms with Gasteiger partial charge in [0, 0.05) is 12.5 Å². The number of hydrogen-bond acceptors (Lipinski definition) is 4. The Morgan fingerprint density at radius 2 is 2.00 bits per heavy atom. The van der Waals surface area contributed by atoms with Crippen molar-refractivity contribution in [1.82, 2.24) is 14.8 Å². The van der Waals surface area contributed by atoms with Crippen LogP contribution in [0.25, 0.3) is 0 Å². The Labute approximate surface area is 89.5 Å². The molecule has 0 saturated heterocycles. The zero-order valence-electron chi connectivity index (χ0n) is 9.14. The first-order chi connectivity index (χ1) is 6.88. The maximum atomic E-state index is 11.2. The molecule has 0 radical (unpaired) electrons. The summed E-state index contributed by atoms with van der Waals surface area (Å²) >= 11 is 0. The maximum absolute atomic E-state index is 11.2. The topological polar surface area (TPSA) is 90.9 Å². The third-order valence-corrected chi connectivity index (χ3v) is 2.77. The van der Waals surface area contributed by atoms with Crippen LogP contribution in [0.15, 0.2) is 5.16 Å². The second-order valence-corrected chi connectivity index (χ2v) is 5.15. The molecule has 0 bridgehead atoms. The average molecular weight is 232 g/mol. The van der Waals surface area contributed by atoms with Gasteiger partial charge in [0.15, 0.2) is 0 Å². The minimum absolute atomic E-state index is 0.125. The van der Waals surface area contributed by atoms with Gasteiger partial charge in [-0.05, 0) is 6.42 Å². The molecule has 1 aromatic heterocycles. The van der Waals surface area contributed by atoms with Crippen LogP contribution in [0.2, 0.25) is 0 Å². The first-order valence-corrected chi connectivity index (χ1v) is 6.38. The van der Waals surface area contributed by atoms with Crippen LogP contribution in [-0.4, -0.2) is 23.2 Å². The van der Waals surface area contributed by atoms with Crippen LogP contribution in [0.3, 0.4) is 0 Å². The molecule has 0 aliphatic rings. The smallest absolute Gasteiger partial charge is 0.273 e. The van der Waals surface area contributed by atoms with Crippen molar-refractivity contribution in [1.29, 1.82) is 0 Å². The zero-order chi connectivity index (χ0) is 11.6. The van der Waals surface area contributed by atoms with Crippen LogP contribution >= 0.6 is 0 Å². The lowest BCUT2D eigenvalue weighted by Gasteiger charge is -2.09. The summed E-state index contributed by atoms with van der Waals surface area (Å²) in [6.07, 6.45) is 0.806. The fourth-order valence-electron chi connectivity index (χ4n) is 1.37. The van der Waals surface area contributed by atoms with E-state index in [0.29, 0.717) is 12.4 Å². The molecule has 0 unspecified atom stereocenters. The molecule has 0 saturated carbocycles. The Bertz CT molecular complexity index is 435. The maximum Gasteiger partial charge on any atom is 0.273 e. The van der Waals surface area contributed by atoms with E-state index in [9.17, 15) is 8.42 Å². The summed E-state index contributed by atoms with van der Waals surface area (Å²) in [5, 5.41) is 12.4. The Morgan fingerprint density at radius 3 is 2.40 bits per heavy atom. The van der Waals surface area contributed by atoms with Gasteiger partial charge in [-0.1, -0.05) is 20.8 Å². The predicted molar refractivity (Wildman–Crippen MR) is 55.8 cm³/mol. The minimum Gasteiger partial charge on any atom is -0.301 e. The van der Waals surface area contributed by atoms with Crippen molar-refractivity contribution < 1.29 is 8.42 Å². The van der Waals surface area contributed by atoms with E-state index in [0.717, 1.165) is 6.42 Å². The van der Waals surface area contributed by atoms with Crippen molar-refractivity contribution in [3.63, 3.8) is 0 Å². The number of primary sulfonamides is 1. The fraction of sp³-hybridized carbons (Fsp3) is 0.750. The average Bonchev–Trinajstić information content (AvgIpc) is 2.47. The quantitative estimate of drug-likeness (QED) is 0.816. The van der Waals surface area contributed by atoms with Crippen LogP contribution < -0.4 is 5.14 Å². The highest BCUT2D eigenvalue weighted by Gasteiger charge is 2.21. The largest absolute Gasteiger partial charge is 0.301 e. The molecule has 0 aliphatic carbocycles. The summed E-state index contributed by atoms with van der Waals surface area (Å²) in [5.74, 6) is 0.778. The van der Waals surface area contributed by atoms with Gasteiger partial charge in [-0.25, -0.2) is 13.6 Å². The standard InChI is InChI=1S/C8H16N4O2S/c1-4-5-12-7(6(2)3)10-11-8(12)15(9,13)14/h6H,4-5H2,1-3H3,(H2,9,13,14). The third-order valence-electron chi connectivity index (χ3n) is 1.96. The van der Waals surface area contributed by atoms with Gasteiger partial charge in [-0.3, -0.25) is 0 Å². The molecule has 86 valence electrons. The Kier molecular flexibility index (Phi) is 3.46. The van der Waals surface area contributed by atoms with Crippen molar-refractivity contribution in [2.75, 3.05) is 0 Å². The van der Waals surface area contributed by atoms with Crippen LogP contribution in [0, 0.1) is 0 Å². The van der Waals surface area contributed by atoms with Gasteiger partial charge in [0.2, 0.25) is 0 Å². The highest BCUT2D eigenvalue weighted by molar-refractivity contribution is 7.89. The van der Waals surface area contributed by atoms with Gasteiger partial charge in [-0.2, -0.15) is 0 Å². The molecule has 0 amide bonds. The number of rotatable bonds is 4. The first-order valence-electron chi connectivity index (χ1n) is 4.83. The van der Waals surface area contributed by atoms with E-state index in [1.165, 1.54) is 0 Å². The normalized spacial score (nSPS) is 12.3. The fourth-order valence-corrected chi connectivity index (χ4v) is 2.02. The molecule has 2 N–H and O–H groups in total. The number of nitrogens with two attached hydrogens (primary N) is 1. The monoisotopic (exact) mass is 232 g/mol. The van der Waals surface area contributed by atoms with Crippen molar-refractivity contribution >= 4 is 10.0 Å². The van der Waals surface area contributed by atoms with Crippen molar-refractivity contribution in [2.24, 2.45) is 5.14 Å². The number of nitrogens with zero attached hydrogens (tertiary/aromatic N) is 3. The van der Waals surface area contributed by atoms with E-state index in [1.54, 1.807) is 4.57 Å². The lowest BCUT2D eigenvalue weighted by molar-refractivity contribution is 0.539. The van der Waals surface area contributed by atoms with Crippen LogP contribution in [0.5, 0.6) is 0 Å². The van der Waals surface area contributed by atoms with Crippen LogP contribution in [0.1, 0.15) is 38.9 Å². The van der Waals surface area contributed by atoms with E-state index in [2.05, 4.69) is 10.2 Å². The van der Waals surface area contributed by atoms with Crippen molar-refractivity contribution in [3.05, 3.63) is 5.82 Å². The Morgan fingerprint density at radius 1 is 1.40 bits per heavy atom. The zero-order valence-corrected chi connectivity index (χ0v) is 9.95. The second-order valence-electron chi connectivity index (χ2n) is 3.69. The molecule has 0 atom stereocenters. The molecule has 1 rings (SSSR count). The van der Waals surface area contributed by atoms with Crippen molar-refractivity contribution in [3.8, 4) is 0 Å². The van der Waals surface area contributed by atoms with E-state index in [1.807, 2.05) is 20.8 Å². The molecule has 15 heavy (non-hydrogen) atoms. The van der Waals surface area contributed by atoms with Gasteiger partial charge >= 0.3 is 0 Å². The molecule has 0 spiro atoms. The summed E-state index contributed by atoms with van der Waals surface area (Å²) in [4.78, 5) is 0. The highest BCUT2D eigenvalue weighted by Crippen LogP contribution is 2.16. The van der Waals surface area contributed by atoms with Crippen molar-refractivity contribution in [2.45, 2.75) is 44.8 Å². The summed E-state index contributed by atoms with van der Waals surface area (Å²) in [7, 11) is -3.78. The molecule has 7 heteroatoms. The predicted octanol–water partition coefficient (Wildman–Crippen LogP) is 0.459. The molecule has 0 aliphatic heterocycles. The molecule has 0 aromatic carbocycles. The van der Waals surface area contributed by atoms with Crippen LogP contribution in [-0.2, 0) is 16.6 Å². The number of sulfonamides is 1. The lowest BCUT2D eigenvalue weighted by Crippen LogP contribution is -2.19. The van der Waals surface area contributed by atoms with E-state index < -0.39 is 10.0 Å². The second kappa shape index (κ2) is 4.28. The molecule has 0 fully saturated rings. The molecule has 6 nitrogen and oxygen atoms in total. The van der Waals surface area contributed by atoms with E-state index in [-0.39, 0.29) is 11.1 Å². The summed E-state index contributed by atoms with van der Waals surface area (Å²) < 4.78 is 24.0. The SMILES string of the molecule is CCCn1c(C(C)C)nnc1S(N)(=O)=O. The molecule has 1 aromatic rings. The van der Waals surface area contributed by atoms with Gasteiger partial charge in [0.1, 0.15) is 5.82 Å². The number of aromatic nitrogens is 3. The molecular formula is C8H16N4O2S. The third kappa shape index (κ3) is 2.54. The van der Waals surface area contributed by atoms with Gasteiger partial charge in [0.25, 0.3) is 15.2 Å². The minimum atomic E-state index is -3.78. The molecule has 1 heterocycles.